The van der Waals surface area contributed by atoms with Crippen molar-refractivity contribution in [1.29, 1.82) is 0 Å². The summed E-state index contributed by atoms with van der Waals surface area (Å²) in [5.74, 6) is -0.109. The molecule has 2 aromatic rings. The first-order valence-corrected chi connectivity index (χ1v) is 8.13. The van der Waals surface area contributed by atoms with E-state index in [0.717, 1.165) is 30.6 Å². The average molecular weight is 312 g/mol. The van der Waals surface area contributed by atoms with Crippen LogP contribution in [0.2, 0.25) is 0 Å². The number of nitrogens with zero attached hydrogens (tertiary/aromatic N) is 3. The molecule has 1 heterocycles. The highest BCUT2D eigenvalue weighted by atomic mass is 16.2. The van der Waals surface area contributed by atoms with E-state index < -0.39 is 0 Å². The molecule has 1 aromatic carbocycles. The van der Waals surface area contributed by atoms with Gasteiger partial charge >= 0.3 is 0 Å². The van der Waals surface area contributed by atoms with E-state index in [9.17, 15) is 4.79 Å². The lowest BCUT2D eigenvalue weighted by molar-refractivity contribution is 0.101. The van der Waals surface area contributed by atoms with E-state index in [1.54, 1.807) is 11.7 Å². The normalized spacial score (nSPS) is 16.7. The molecule has 0 fully saturated rings. The highest BCUT2D eigenvalue weighted by Gasteiger charge is 2.24. The summed E-state index contributed by atoms with van der Waals surface area (Å²) < 4.78 is 1.64. The predicted molar refractivity (Wildman–Crippen MR) is 91.7 cm³/mol. The average Bonchev–Trinajstić information content (AvgIpc) is 3.10. The van der Waals surface area contributed by atoms with Crippen molar-refractivity contribution in [3.8, 4) is 0 Å². The van der Waals surface area contributed by atoms with Gasteiger partial charge in [-0.25, -0.2) is 0 Å². The summed E-state index contributed by atoms with van der Waals surface area (Å²) in [6, 6.07) is 8.58. The second kappa shape index (κ2) is 6.16. The summed E-state index contributed by atoms with van der Waals surface area (Å²) in [4.78, 5) is 14.7. The van der Waals surface area contributed by atoms with Crippen LogP contribution in [-0.2, 0) is 19.9 Å². The van der Waals surface area contributed by atoms with Gasteiger partial charge in [0.25, 0.3) is 5.91 Å². The van der Waals surface area contributed by atoms with E-state index in [0.29, 0.717) is 11.7 Å². The minimum Gasteiger partial charge on any atom is -0.321 e. The van der Waals surface area contributed by atoms with Crippen molar-refractivity contribution >= 4 is 11.6 Å². The molecule has 1 aliphatic carbocycles. The van der Waals surface area contributed by atoms with Crippen molar-refractivity contribution in [3.05, 3.63) is 46.8 Å². The number of nitrogens with one attached hydrogen (secondary N) is 1. The lowest BCUT2D eigenvalue weighted by atomic mass is 10.1. The van der Waals surface area contributed by atoms with Gasteiger partial charge < -0.3 is 10.2 Å². The number of aromatic nitrogens is 2. The Balaban J connectivity index is 1.79. The Morgan fingerprint density at radius 2 is 2.17 bits per heavy atom. The second-order valence-corrected chi connectivity index (χ2v) is 6.38. The molecule has 0 bridgehead atoms. The number of rotatable bonds is 4. The number of aryl methyl sites for hydroxylation is 3. The van der Waals surface area contributed by atoms with Crippen LogP contribution >= 0.6 is 0 Å². The number of carbonyl (C=O) groups excluding carboxylic acids is 1. The van der Waals surface area contributed by atoms with Crippen molar-refractivity contribution < 1.29 is 4.79 Å². The number of hydrogen-bond donors (Lipinski definition) is 1. The zero-order chi connectivity index (χ0) is 16.6. The predicted octanol–water partition coefficient (Wildman–Crippen LogP) is 2.78. The number of anilines is 1. The maximum absolute atomic E-state index is 12.5. The summed E-state index contributed by atoms with van der Waals surface area (Å²) in [5.41, 5.74) is 5.09. The molecule has 3 rings (SSSR count). The van der Waals surface area contributed by atoms with Gasteiger partial charge in [0, 0.05) is 18.8 Å². The van der Waals surface area contributed by atoms with E-state index in [4.69, 9.17) is 0 Å². The molecule has 1 atom stereocenters. The Morgan fingerprint density at radius 1 is 1.39 bits per heavy atom. The Hall–Kier alpha value is -2.14. The third-order valence-electron chi connectivity index (χ3n) is 4.60. The minimum absolute atomic E-state index is 0.109. The van der Waals surface area contributed by atoms with Crippen LogP contribution in [0.3, 0.4) is 0 Å². The molecule has 1 aromatic heterocycles. The van der Waals surface area contributed by atoms with Crippen LogP contribution in [0.15, 0.2) is 24.3 Å². The highest BCUT2D eigenvalue weighted by molar-refractivity contribution is 6.03. The molecule has 122 valence electrons. The van der Waals surface area contributed by atoms with E-state index in [1.165, 1.54) is 11.1 Å². The fourth-order valence-corrected chi connectivity index (χ4v) is 3.32. The molecule has 1 unspecified atom stereocenters. The first kappa shape index (κ1) is 15.7. The van der Waals surface area contributed by atoms with Crippen LogP contribution in [0.1, 0.15) is 46.7 Å². The van der Waals surface area contributed by atoms with Crippen molar-refractivity contribution in [2.45, 2.75) is 32.2 Å². The lowest BCUT2D eigenvalue weighted by Crippen LogP contribution is -2.18. The SMILES string of the molecule is CCc1cc(C(=O)Nc2ccc3c(c2)CCC3N(C)C)n(C)n1. The molecule has 5 nitrogen and oxygen atoms in total. The van der Waals surface area contributed by atoms with Gasteiger partial charge in [0.2, 0.25) is 0 Å². The Kier molecular flexibility index (Phi) is 4.22. The van der Waals surface area contributed by atoms with E-state index in [-0.39, 0.29) is 5.91 Å². The number of hydrogen-bond acceptors (Lipinski definition) is 3. The molecule has 0 saturated heterocycles. The summed E-state index contributed by atoms with van der Waals surface area (Å²) in [6.07, 6.45) is 3.03. The molecule has 1 N–H and O–H groups in total. The molecule has 0 radical (unpaired) electrons. The molecular weight excluding hydrogens is 288 g/mol. The van der Waals surface area contributed by atoms with Crippen molar-refractivity contribution in [2.75, 3.05) is 19.4 Å². The minimum atomic E-state index is -0.109. The van der Waals surface area contributed by atoms with E-state index in [2.05, 4.69) is 41.5 Å². The largest absolute Gasteiger partial charge is 0.321 e. The molecule has 1 amide bonds. The van der Waals surface area contributed by atoms with Gasteiger partial charge in [0.1, 0.15) is 5.69 Å². The third kappa shape index (κ3) is 3.01. The monoisotopic (exact) mass is 312 g/mol. The quantitative estimate of drug-likeness (QED) is 0.944. The maximum Gasteiger partial charge on any atom is 0.273 e. The van der Waals surface area contributed by atoms with Gasteiger partial charge in [0.15, 0.2) is 0 Å². The second-order valence-electron chi connectivity index (χ2n) is 6.38. The zero-order valence-electron chi connectivity index (χ0n) is 14.3. The van der Waals surface area contributed by atoms with E-state index >= 15 is 0 Å². The Morgan fingerprint density at radius 3 is 2.83 bits per heavy atom. The number of amides is 1. The number of benzene rings is 1. The third-order valence-corrected chi connectivity index (χ3v) is 4.60. The van der Waals surface area contributed by atoms with Crippen molar-refractivity contribution in [1.82, 2.24) is 14.7 Å². The summed E-state index contributed by atoms with van der Waals surface area (Å²) in [7, 11) is 6.03. The molecule has 0 saturated carbocycles. The summed E-state index contributed by atoms with van der Waals surface area (Å²) in [5, 5.41) is 7.33. The van der Waals surface area contributed by atoms with Crippen LogP contribution in [0, 0.1) is 0 Å². The lowest BCUT2D eigenvalue weighted by Gasteiger charge is -2.20. The zero-order valence-corrected chi connectivity index (χ0v) is 14.3. The fraction of sp³-hybridized carbons (Fsp3) is 0.444. The maximum atomic E-state index is 12.5. The molecule has 23 heavy (non-hydrogen) atoms. The topological polar surface area (TPSA) is 50.2 Å². The van der Waals surface area contributed by atoms with Gasteiger partial charge in [0.05, 0.1) is 5.69 Å². The Bertz CT molecular complexity index is 733. The fourth-order valence-electron chi connectivity index (χ4n) is 3.32. The van der Waals surface area contributed by atoms with Crippen molar-refractivity contribution in [3.63, 3.8) is 0 Å². The van der Waals surface area contributed by atoms with Crippen molar-refractivity contribution in [2.24, 2.45) is 7.05 Å². The van der Waals surface area contributed by atoms with Crippen LogP contribution in [-0.4, -0.2) is 34.7 Å². The molecular formula is C18H24N4O. The van der Waals surface area contributed by atoms with Crippen LogP contribution in [0.4, 0.5) is 5.69 Å². The molecule has 5 heteroatoms. The number of carbonyl (C=O) groups is 1. The Labute approximate surface area is 137 Å². The molecule has 0 aliphatic heterocycles. The van der Waals surface area contributed by atoms with Gasteiger partial charge in [-0.3, -0.25) is 9.48 Å². The van der Waals surface area contributed by atoms with E-state index in [1.807, 2.05) is 19.1 Å². The van der Waals surface area contributed by atoms with Gasteiger partial charge in [-0.1, -0.05) is 13.0 Å². The van der Waals surface area contributed by atoms with Crippen LogP contribution in [0.25, 0.3) is 0 Å². The van der Waals surface area contributed by atoms with Crippen LogP contribution in [0.5, 0.6) is 0 Å². The van der Waals surface area contributed by atoms with Gasteiger partial charge in [-0.2, -0.15) is 5.10 Å². The highest BCUT2D eigenvalue weighted by Crippen LogP contribution is 2.35. The van der Waals surface area contributed by atoms with Gasteiger partial charge in [-0.05, 0) is 62.7 Å². The standard InChI is InChI=1S/C18H24N4O/c1-5-13-11-17(22(4)20-13)18(23)19-14-7-8-15-12(10-14)6-9-16(15)21(2)3/h7-8,10-11,16H,5-6,9H2,1-4H3,(H,19,23). The molecule has 0 spiro atoms. The summed E-state index contributed by atoms with van der Waals surface area (Å²) >= 11 is 0. The summed E-state index contributed by atoms with van der Waals surface area (Å²) in [6.45, 7) is 2.03. The first-order valence-electron chi connectivity index (χ1n) is 8.13. The van der Waals surface area contributed by atoms with Gasteiger partial charge in [-0.15, -0.1) is 0 Å². The first-order chi connectivity index (χ1) is 11.0. The van der Waals surface area contributed by atoms with Crippen LogP contribution < -0.4 is 5.32 Å². The number of fused-ring (bicyclic) bond motifs is 1. The smallest absolute Gasteiger partial charge is 0.273 e. The molecule has 1 aliphatic rings.